The van der Waals surface area contributed by atoms with Gasteiger partial charge in [-0.05, 0) is 12.8 Å². The maximum Gasteiger partial charge on any atom is 0.290 e. The molecular formula is C16H24N6O4. The van der Waals surface area contributed by atoms with Gasteiger partial charge in [-0.2, -0.15) is 0 Å². The third-order valence-electron chi connectivity index (χ3n) is 4.34. The van der Waals surface area contributed by atoms with Gasteiger partial charge in [0.2, 0.25) is 11.8 Å². The third-order valence-corrected chi connectivity index (χ3v) is 4.34. The van der Waals surface area contributed by atoms with E-state index in [1.165, 1.54) is 6.33 Å². The van der Waals surface area contributed by atoms with E-state index >= 15 is 0 Å². The topological polar surface area (TPSA) is 133 Å². The Morgan fingerprint density at radius 1 is 1.19 bits per heavy atom. The fourth-order valence-electron chi connectivity index (χ4n) is 3.06. The molecule has 1 aromatic heterocycles. The summed E-state index contributed by atoms with van der Waals surface area (Å²) in [6.45, 7) is 3.52. The second-order valence-electron chi connectivity index (χ2n) is 6.05. The largest absolute Gasteiger partial charge is 0.483 e. The van der Waals surface area contributed by atoms with E-state index < -0.39 is 0 Å². The molecule has 0 radical (unpaired) electrons. The van der Waals surface area contributed by atoms with Gasteiger partial charge in [0.05, 0.1) is 6.54 Å². The lowest BCUT2D eigenvalue weighted by atomic mass is 10.3. The van der Waals surface area contributed by atoms with Crippen molar-refractivity contribution in [2.75, 3.05) is 49.9 Å². The highest BCUT2D eigenvalue weighted by Gasteiger charge is 2.26. The van der Waals surface area contributed by atoms with Gasteiger partial charge in [0.15, 0.2) is 0 Å². The molecule has 3 rings (SSSR count). The SMILES string of the molecule is Nc1cc(N2CCCN(C(=O)CN3CCCC3=O)CC2)ncn1.O=CO. The molecule has 1 aromatic rings. The van der Waals surface area contributed by atoms with Crippen LogP contribution in [0.5, 0.6) is 0 Å². The lowest BCUT2D eigenvalue weighted by Crippen LogP contribution is -2.42. The Morgan fingerprint density at radius 2 is 1.96 bits per heavy atom. The second-order valence-corrected chi connectivity index (χ2v) is 6.05. The average Bonchev–Trinajstić information content (AvgIpc) is 2.87. The van der Waals surface area contributed by atoms with Gasteiger partial charge in [0.1, 0.15) is 18.0 Å². The number of nitrogen functional groups attached to an aromatic ring is 1. The van der Waals surface area contributed by atoms with Gasteiger partial charge in [0, 0.05) is 45.2 Å². The summed E-state index contributed by atoms with van der Waals surface area (Å²) in [7, 11) is 0. The van der Waals surface area contributed by atoms with E-state index in [0.717, 1.165) is 25.2 Å². The first kappa shape index (κ1) is 19.4. The molecule has 142 valence electrons. The van der Waals surface area contributed by atoms with E-state index in [1.54, 1.807) is 11.0 Å². The highest BCUT2D eigenvalue weighted by atomic mass is 16.3. The molecule has 2 saturated heterocycles. The Hall–Kier alpha value is -2.91. The zero-order valence-corrected chi connectivity index (χ0v) is 14.6. The van der Waals surface area contributed by atoms with Crippen LogP contribution in [0, 0.1) is 0 Å². The van der Waals surface area contributed by atoms with E-state index in [2.05, 4.69) is 14.9 Å². The number of carbonyl (C=O) groups excluding carboxylic acids is 2. The average molecular weight is 364 g/mol. The number of rotatable bonds is 3. The number of carbonyl (C=O) groups is 3. The highest BCUT2D eigenvalue weighted by molar-refractivity contribution is 5.85. The Labute approximate surface area is 151 Å². The molecule has 26 heavy (non-hydrogen) atoms. The van der Waals surface area contributed by atoms with E-state index in [1.807, 2.05) is 4.90 Å². The van der Waals surface area contributed by atoms with Gasteiger partial charge in [-0.1, -0.05) is 0 Å². The molecule has 0 unspecified atom stereocenters. The molecule has 10 nitrogen and oxygen atoms in total. The molecule has 0 spiro atoms. The zero-order valence-electron chi connectivity index (χ0n) is 14.6. The Bertz CT molecular complexity index is 641. The molecule has 0 bridgehead atoms. The van der Waals surface area contributed by atoms with Crippen molar-refractivity contribution in [2.24, 2.45) is 0 Å². The summed E-state index contributed by atoms with van der Waals surface area (Å²) in [5.41, 5.74) is 5.70. The summed E-state index contributed by atoms with van der Waals surface area (Å²) in [6, 6.07) is 1.75. The molecule has 2 aliphatic rings. The molecule has 2 fully saturated rings. The summed E-state index contributed by atoms with van der Waals surface area (Å²) in [5, 5.41) is 6.89. The maximum atomic E-state index is 12.4. The van der Waals surface area contributed by atoms with Crippen LogP contribution in [0.25, 0.3) is 0 Å². The molecule has 2 aliphatic heterocycles. The van der Waals surface area contributed by atoms with Crippen LogP contribution in [-0.2, 0) is 14.4 Å². The lowest BCUT2D eigenvalue weighted by molar-refractivity contribution is -0.138. The number of likely N-dealkylation sites (tertiary alicyclic amines) is 1. The molecule has 3 N–H and O–H groups in total. The van der Waals surface area contributed by atoms with Gasteiger partial charge in [-0.15, -0.1) is 0 Å². The monoisotopic (exact) mass is 364 g/mol. The number of nitrogens with two attached hydrogens (primary N) is 1. The fraction of sp³-hybridized carbons (Fsp3) is 0.562. The van der Waals surface area contributed by atoms with Gasteiger partial charge in [-0.3, -0.25) is 14.4 Å². The minimum absolute atomic E-state index is 0.0318. The minimum atomic E-state index is -0.250. The van der Waals surface area contributed by atoms with Crippen molar-refractivity contribution in [1.82, 2.24) is 19.8 Å². The van der Waals surface area contributed by atoms with Crippen LogP contribution in [0.2, 0.25) is 0 Å². The molecule has 0 saturated carbocycles. The first-order chi connectivity index (χ1) is 12.5. The number of nitrogens with zero attached hydrogens (tertiary/aromatic N) is 5. The summed E-state index contributed by atoms with van der Waals surface area (Å²) < 4.78 is 0. The predicted molar refractivity (Wildman–Crippen MR) is 94.4 cm³/mol. The van der Waals surface area contributed by atoms with Gasteiger partial charge >= 0.3 is 0 Å². The molecule has 10 heteroatoms. The van der Waals surface area contributed by atoms with Gasteiger partial charge in [-0.25, -0.2) is 9.97 Å². The van der Waals surface area contributed by atoms with E-state index in [0.29, 0.717) is 38.4 Å². The normalized spacial score (nSPS) is 17.4. The number of carboxylic acid groups (broad SMARTS) is 1. The Kier molecular flexibility index (Phi) is 7.12. The molecule has 0 aromatic carbocycles. The van der Waals surface area contributed by atoms with Crippen molar-refractivity contribution in [1.29, 1.82) is 0 Å². The van der Waals surface area contributed by atoms with Gasteiger partial charge < -0.3 is 25.5 Å². The molecule has 0 aliphatic carbocycles. The highest BCUT2D eigenvalue weighted by Crippen LogP contribution is 2.15. The quantitative estimate of drug-likeness (QED) is 0.681. The van der Waals surface area contributed by atoms with E-state index in [-0.39, 0.29) is 24.8 Å². The number of aromatic nitrogens is 2. The van der Waals surface area contributed by atoms with Crippen LogP contribution in [0.4, 0.5) is 11.6 Å². The second kappa shape index (κ2) is 9.54. The van der Waals surface area contributed by atoms with Crippen LogP contribution in [0.3, 0.4) is 0 Å². The first-order valence-electron chi connectivity index (χ1n) is 8.51. The summed E-state index contributed by atoms with van der Waals surface area (Å²) in [6.07, 6.45) is 3.74. The minimum Gasteiger partial charge on any atom is -0.483 e. The summed E-state index contributed by atoms with van der Waals surface area (Å²) >= 11 is 0. The maximum absolute atomic E-state index is 12.4. The van der Waals surface area contributed by atoms with Crippen molar-refractivity contribution >= 4 is 29.9 Å². The zero-order chi connectivity index (χ0) is 18.9. The van der Waals surface area contributed by atoms with Gasteiger partial charge in [0.25, 0.3) is 6.47 Å². The van der Waals surface area contributed by atoms with Crippen molar-refractivity contribution < 1.29 is 19.5 Å². The third kappa shape index (κ3) is 5.30. The van der Waals surface area contributed by atoms with Crippen molar-refractivity contribution in [3.05, 3.63) is 12.4 Å². The molecule has 2 amide bonds. The number of hydrogen-bond acceptors (Lipinski definition) is 7. The smallest absolute Gasteiger partial charge is 0.290 e. The molecular weight excluding hydrogens is 340 g/mol. The standard InChI is InChI=1S/C15H22N6O2.CH2O2/c16-12-9-13(18-11-17-12)19-5-2-6-20(8-7-19)15(23)10-21-4-1-3-14(21)22;2-1-3/h9,11H,1-8,10H2,(H2,16,17,18);1H,(H,2,3). The van der Waals surface area contributed by atoms with Crippen molar-refractivity contribution in [3.8, 4) is 0 Å². The van der Waals surface area contributed by atoms with E-state index in [9.17, 15) is 9.59 Å². The predicted octanol–water partition coefficient (Wildman–Crippen LogP) is -0.579. The summed E-state index contributed by atoms with van der Waals surface area (Å²) in [5.74, 6) is 1.36. The molecule has 3 heterocycles. The number of amides is 2. The summed E-state index contributed by atoms with van der Waals surface area (Å²) in [4.78, 5) is 46.2. The molecule has 0 atom stereocenters. The van der Waals surface area contributed by atoms with Crippen molar-refractivity contribution in [3.63, 3.8) is 0 Å². The van der Waals surface area contributed by atoms with E-state index in [4.69, 9.17) is 15.6 Å². The lowest BCUT2D eigenvalue weighted by Gasteiger charge is -2.24. The van der Waals surface area contributed by atoms with Crippen LogP contribution in [0.1, 0.15) is 19.3 Å². The van der Waals surface area contributed by atoms with Crippen LogP contribution in [0.15, 0.2) is 12.4 Å². The van der Waals surface area contributed by atoms with Crippen LogP contribution < -0.4 is 10.6 Å². The number of hydrogen-bond donors (Lipinski definition) is 2. The fourth-order valence-corrected chi connectivity index (χ4v) is 3.06. The van der Waals surface area contributed by atoms with Crippen LogP contribution >= 0.6 is 0 Å². The van der Waals surface area contributed by atoms with Crippen molar-refractivity contribution in [2.45, 2.75) is 19.3 Å². The van der Waals surface area contributed by atoms with Crippen LogP contribution in [-0.4, -0.2) is 82.4 Å². The first-order valence-corrected chi connectivity index (χ1v) is 8.51. The number of anilines is 2. The Morgan fingerprint density at radius 3 is 2.62 bits per heavy atom. The Balaban J connectivity index is 0.000000758.